The van der Waals surface area contributed by atoms with Gasteiger partial charge in [-0.3, -0.25) is 0 Å². The van der Waals surface area contributed by atoms with Gasteiger partial charge in [-0.05, 0) is 24.3 Å². The van der Waals surface area contributed by atoms with Gasteiger partial charge in [0, 0.05) is 13.3 Å². The van der Waals surface area contributed by atoms with E-state index in [-0.39, 0.29) is 14.0 Å². The van der Waals surface area contributed by atoms with Gasteiger partial charge >= 0.3 is 0 Å². The van der Waals surface area contributed by atoms with Crippen LogP contribution >= 0.6 is 11.3 Å². The van der Waals surface area contributed by atoms with Crippen LogP contribution in [-0.2, 0) is 19.7 Å². The second-order valence-electron chi connectivity index (χ2n) is 3.98. The summed E-state index contributed by atoms with van der Waals surface area (Å²) in [5.41, 5.74) is 0. The van der Waals surface area contributed by atoms with Crippen LogP contribution in [-0.4, -0.2) is 35.1 Å². The average molecular weight is 332 g/mol. The lowest BCUT2D eigenvalue weighted by Gasteiger charge is -2.02. The SMILES string of the molecule is CNc1ncc(S(=O)(=O)c2ccc(S(C)(=O)=O)cc2)s1. The predicted octanol–water partition coefficient (Wildman–Crippen LogP) is 1.42. The first kappa shape index (κ1) is 14.9. The maximum absolute atomic E-state index is 12.3. The molecule has 2 rings (SSSR count). The number of anilines is 1. The first-order valence-electron chi connectivity index (χ1n) is 5.44. The first-order valence-corrected chi connectivity index (χ1v) is 9.63. The fourth-order valence-corrected chi connectivity index (χ4v) is 4.50. The van der Waals surface area contributed by atoms with Crippen LogP contribution in [0, 0.1) is 0 Å². The monoisotopic (exact) mass is 332 g/mol. The lowest BCUT2D eigenvalue weighted by atomic mass is 10.4. The summed E-state index contributed by atoms with van der Waals surface area (Å²) in [7, 11) is -5.36. The molecule has 0 atom stereocenters. The highest BCUT2D eigenvalue weighted by Crippen LogP contribution is 2.28. The predicted molar refractivity (Wildman–Crippen MR) is 76.7 cm³/mol. The van der Waals surface area contributed by atoms with Crippen molar-refractivity contribution in [2.75, 3.05) is 18.6 Å². The highest BCUT2D eigenvalue weighted by atomic mass is 32.2. The van der Waals surface area contributed by atoms with Crippen molar-refractivity contribution >= 4 is 36.1 Å². The standard InChI is InChI=1S/C11H12N2O4S3/c1-12-11-13-7-10(18-11)20(16,17)9-5-3-8(4-6-9)19(2,14)15/h3-7H,1-2H3,(H,12,13). The zero-order chi connectivity index (χ0) is 15.0. The number of aromatic nitrogens is 1. The Kier molecular flexibility index (Phi) is 3.85. The van der Waals surface area contributed by atoms with Gasteiger partial charge in [0.1, 0.15) is 4.21 Å². The van der Waals surface area contributed by atoms with Gasteiger partial charge in [-0.2, -0.15) is 0 Å². The van der Waals surface area contributed by atoms with Crippen molar-refractivity contribution in [3.63, 3.8) is 0 Å². The molecule has 0 bridgehead atoms. The van der Waals surface area contributed by atoms with Gasteiger partial charge in [0.2, 0.25) is 9.84 Å². The van der Waals surface area contributed by atoms with Crippen molar-refractivity contribution in [3.8, 4) is 0 Å². The number of rotatable bonds is 4. The molecule has 0 aliphatic carbocycles. The molecule has 20 heavy (non-hydrogen) atoms. The maximum atomic E-state index is 12.3. The van der Waals surface area contributed by atoms with E-state index < -0.39 is 19.7 Å². The Morgan fingerprint density at radius 3 is 2.05 bits per heavy atom. The van der Waals surface area contributed by atoms with E-state index in [0.717, 1.165) is 17.6 Å². The summed E-state index contributed by atoms with van der Waals surface area (Å²) in [5.74, 6) is 0. The molecule has 0 spiro atoms. The largest absolute Gasteiger partial charge is 0.365 e. The van der Waals surface area contributed by atoms with Gasteiger partial charge in [-0.25, -0.2) is 21.8 Å². The van der Waals surface area contributed by atoms with Gasteiger partial charge in [-0.1, -0.05) is 11.3 Å². The summed E-state index contributed by atoms with van der Waals surface area (Å²) in [6.45, 7) is 0. The van der Waals surface area contributed by atoms with E-state index in [0.29, 0.717) is 5.13 Å². The molecule has 6 nitrogen and oxygen atoms in total. The summed E-state index contributed by atoms with van der Waals surface area (Å²) < 4.78 is 47.4. The van der Waals surface area contributed by atoms with Crippen molar-refractivity contribution in [2.24, 2.45) is 0 Å². The van der Waals surface area contributed by atoms with Gasteiger partial charge in [0.25, 0.3) is 0 Å². The molecule has 0 fully saturated rings. The number of nitrogens with one attached hydrogen (secondary N) is 1. The van der Waals surface area contributed by atoms with Crippen molar-refractivity contribution in [2.45, 2.75) is 14.0 Å². The van der Waals surface area contributed by atoms with Crippen LogP contribution in [0.1, 0.15) is 0 Å². The molecule has 1 heterocycles. The average Bonchev–Trinajstić information content (AvgIpc) is 2.87. The molecule has 9 heteroatoms. The smallest absolute Gasteiger partial charge is 0.217 e. The number of benzene rings is 1. The molecular formula is C11H12N2O4S3. The fourth-order valence-electron chi connectivity index (χ4n) is 1.48. The molecule has 0 radical (unpaired) electrons. The Morgan fingerprint density at radius 1 is 1.05 bits per heavy atom. The normalized spacial score (nSPS) is 12.3. The number of nitrogens with zero attached hydrogens (tertiary/aromatic N) is 1. The van der Waals surface area contributed by atoms with Gasteiger partial charge in [-0.15, -0.1) is 0 Å². The topological polar surface area (TPSA) is 93.2 Å². The first-order chi connectivity index (χ1) is 9.25. The minimum atomic E-state index is -3.67. The maximum Gasteiger partial charge on any atom is 0.217 e. The van der Waals surface area contributed by atoms with Crippen LogP contribution in [0.4, 0.5) is 5.13 Å². The third-order valence-corrected chi connectivity index (χ3v) is 6.90. The molecule has 0 saturated heterocycles. The molecule has 0 saturated carbocycles. The molecular weight excluding hydrogens is 320 g/mol. The zero-order valence-corrected chi connectivity index (χ0v) is 13.1. The fraction of sp³-hybridized carbons (Fsp3) is 0.182. The summed E-state index contributed by atoms with van der Waals surface area (Å²) in [6, 6.07) is 5.12. The second-order valence-corrected chi connectivity index (χ2v) is 9.20. The lowest BCUT2D eigenvalue weighted by molar-refractivity contribution is 0.595. The molecule has 108 valence electrons. The Morgan fingerprint density at radius 2 is 1.60 bits per heavy atom. The van der Waals surface area contributed by atoms with Crippen LogP contribution in [0.15, 0.2) is 44.5 Å². The van der Waals surface area contributed by atoms with Crippen molar-refractivity contribution in [3.05, 3.63) is 30.5 Å². The number of hydrogen-bond acceptors (Lipinski definition) is 7. The summed E-state index contributed by atoms with van der Waals surface area (Å²) >= 11 is 1.02. The molecule has 1 aromatic carbocycles. The highest BCUT2D eigenvalue weighted by Gasteiger charge is 2.21. The van der Waals surface area contributed by atoms with E-state index in [1.165, 1.54) is 30.5 Å². The Bertz CT molecular complexity index is 821. The molecule has 1 aromatic heterocycles. The van der Waals surface area contributed by atoms with E-state index in [1.54, 1.807) is 7.05 Å². The number of sulfone groups is 2. The molecule has 0 aliphatic rings. The van der Waals surface area contributed by atoms with E-state index >= 15 is 0 Å². The number of thiazole rings is 1. The summed E-state index contributed by atoms with van der Waals surface area (Å²) in [6.07, 6.45) is 2.34. The van der Waals surface area contributed by atoms with E-state index in [9.17, 15) is 16.8 Å². The van der Waals surface area contributed by atoms with Crippen molar-refractivity contribution < 1.29 is 16.8 Å². The van der Waals surface area contributed by atoms with Gasteiger partial charge in [0.05, 0.1) is 16.0 Å². The Balaban J connectivity index is 2.45. The van der Waals surface area contributed by atoms with E-state index in [2.05, 4.69) is 10.3 Å². The number of hydrogen-bond donors (Lipinski definition) is 1. The van der Waals surface area contributed by atoms with Crippen LogP contribution in [0.25, 0.3) is 0 Å². The molecule has 0 aliphatic heterocycles. The minimum Gasteiger partial charge on any atom is -0.365 e. The van der Waals surface area contributed by atoms with Gasteiger partial charge < -0.3 is 5.32 Å². The molecule has 0 amide bonds. The molecule has 1 N–H and O–H groups in total. The lowest BCUT2D eigenvalue weighted by Crippen LogP contribution is -2.01. The van der Waals surface area contributed by atoms with Crippen LogP contribution in [0.2, 0.25) is 0 Å². The molecule has 0 unspecified atom stereocenters. The van der Waals surface area contributed by atoms with Crippen molar-refractivity contribution in [1.29, 1.82) is 0 Å². The second kappa shape index (κ2) is 5.15. The summed E-state index contributed by atoms with van der Waals surface area (Å²) in [5, 5.41) is 3.26. The molecule has 2 aromatic rings. The third-order valence-electron chi connectivity index (χ3n) is 2.53. The Hall–Kier alpha value is -1.45. The van der Waals surface area contributed by atoms with Crippen LogP contribution in [0.5, 0.6) is 0 Å². The highest BCUT2D eigenvalue weighted by molar-refractivity contribution is 7.93. The zero-order valence-electron chi connectivity index (χ0n) is 10.7. The Labute approximate surface area is 121 Å². The quantitative estimate of drug-likeness (QED) is 0.910. The summed E-state index contributed by atoms with van der Waals surface area (Å²) in [4.78, 5) is 4.03. The van der Waals surface area contributed by atoms with Crippen LogP contribution < -0.4 is 5.32 Å². The van der Waals surface area contributed by atoms with Crippen LogP contribution in [0.3, 0.4) is 0 Å². The third kappa shape index (κ3) is 2.84. The van der Waals surface area contributed by atoms with E-state index in [1.807, 2.05) is 0 Å². The van der Waals surface area contributed by atoms with Gasteiger partial charge in [0.15, 0.2) is 15.0 Å². The van der Waals surface area contributed by atoms with Crippen molar-refractivity contribution in [1.82, 2.24) is 4.98 Å². The van der Waals surface area contributed by atoms with E-state index in [4.69, 9.17) is 0 Å². The minimum absolute atomic E-state index is 0.0382.